The van der Waals surface area contributed by atoms with Crippen LogP contribution in [0.3, 0.4) is 0 Å². The zero-order valence-electron chi connectivity index (χ0n) is 18.6. The van der Waals surface area contributed by atoms with Gasteiger partial charge in [0, 0.05) is 19.0 Å². The molecule has 1 aromatic carbocycles. The van der Waals surface area contributed by atoms with Crippen LogP contribution in [-0.4, -0.2) is 66.3 Å². The molecule has 7 nitrogen and oxygen atoms in total. The van der Waals surface area contributed by atoms with Gasteiger partial charge in [-0.05, 0) is 75.9 Å². The Kier molecular flexibility index (Phi) is 6.60. The Bertz CT molecular complexity index is 809. The average Bonchev–Trinajstić information content (AvgIpc) is 3.09. The Morgan fingerprint density at radius 1 is 1.00 bits per heavy atom. The first-order valence-electron chi connectivity index (χ1n) is 11.6. The van der Waals surface area contributed by atoms with Gasteiger partial charge in [-0.15, -0.1) is 0 Å². The van der Waals surface area contributed by atoms with Gasteiger partial charge in [0.15, 0.2) is 0 Å². The highest BCUT2D eigenvalue weighted by molar-refractivity contribution is 6.22. The van der Waals surface area contributed by atoms with Crippen LogP contribution in [-0.2, 0) is 14.4 Å². The summed E-state index contributed by atoms with van der Waals surface area (Å²) >= 11 is 0. The second kappa shape index (κ2) is 9.39. The van der Waals surface area contributed by atoms with Crippen molar-refractivity contribution >= 4 is 23.4 Å². The molecular weight excluding hydrogens is 394 g/mol. The standard InChI is InChI=1S/C24H33N3O4/c1-3-31-20-6-4-19(5-7-20)27-22(28)16-21(24(27)30)25-14-10-18(11-15-25)23(29)26-12-8-17(2)9-13-26/h4-7,17-18,21H,3,8-16H2,1-2H3. The summed E-state index contributed by atoms with van der Waals surface area (Å²) in [7, 11) is 0. The van der Waals surface area contributed by atoms with Crippen LogP contribution in [0.5, 0.6) is 5.75 Å². The first-order valence-corrected chi connectivity index (χ1v) is 11.6. The minimum Gasteiger partial charge on any atom is -0.494 e. The molecule has 0 N–H and O–H groups in total. The second-order valence-corrected chi connectivity index (χ2v) is 9.03. The summed E-state index contributed by atoms with van der Waals surface area (Å²) in [5.41, 5.74) is 0.588. The van der Waals surface area contributed by atoms with Crippen molar-refractivity contribution in [2.24, 2.45) is 11.8 Å². The molecule has 3 heterocycles. The fourth-order valence-corrected chi connectivity index (χ4v) is 4.98. The van der Waals surface area contributed by atoms with E-state index < -0.39 is 6.04 Å². The maximum Gasteiger partial charge on any atom is 0.251 e. The lowest BCUT2D eigenvalue weighted by Crippen LogP contribution is -2.49. The molecule has 3 fully saturated rings. The number of likely N-dealkylation sites (tertiary alicyclic amines) is 2. The lowest BCUT2D eigenvalue weighted by atomic mass is 9.92. The summed E-state index contributed by atoms with van der Waals surface area (Å²) in [6.07, 6.45) is 3.89. The molecular formula is C24H33N3O4. The molecule has 3 saturated heterocycles. The zero-order chi connectivity index (χ0) is 22.0. The number of amides is 3. The van der Waals surface area contributed by atoms with Crippen molar-refractivity contribution in [2.45, 2.75) is 52.0 Å². The number of hydrogen-bond donors (Lipinski definition) is 0. The van der Waals surface area contributed by atoms with E-state index in [1.807, 2.05) is 11.8 Å². The minimum absolute atomic E-state index is 0.0408. The number of ether oxygens (including phenoxy) is 1. The number of hydrogen-bond acceptors (Lipinski definition) is 5. The van der Waals surface area contributed by atoms with Crippen LogP contribution in [0.15, 0.2) is 24.3 Å². The van der Waals surface area contributed by atoms with Crippen molar-refractivity contribution in [2.75, 3.05) is 37.7 Å². The molecule has 31 heavy (non-hydrogen) atoms. The second-order valence-electron chi connectivity index (χ2n) is 9.03. The third kappa shape index (κ3) is 4.61. The molecule has 168 valence electrons. The van der Waals surface area contributed by atoms with Crippen LogP contribution in [0.4, 0.5) is 5.69 Å². The number of rotatable bonds is 5. The number of carbonyl (C=O) groups is 3. The van der Waals surface area contributed by atoms with Gasteiger partial charge >= 0.3 is 0 Å². The first-order chi connectivity index (χ1) is 15.0. The van der Waals surface area contributed by atoms with Crippen molar-refractivity contribution in [3.63, 3.8) is 0 Å². The smallest absolute Gasteiger partial charge is 0.251 e. The summed E-state index contributed by atoms with van der Waals surface area (Å²) in [5, 5.41) is 0. The van der Waals surface area contributed by atoms with Crippen molar-refractivity contribution in [1.29, 1.82) is 0 Å². The van der Waals surface area contributed by atoms with E-state index in [1.54, 1.807) is 24.3 Å². The van der Waals surface area contributed by atoms with Gasteiger partial charge in [-0.3, -0.25) is 19.3 Å². The highest BCUT2D eigenvalue weighted by Gasteiger charge is 2.44. The Hall–Kier alpha value is -2.41. The van der Waals surface area contributed by atoms with E-state index in [0.717, 1.165) is 44.5 Å². The Labute approximate surface area is 184 Å². The molecule has 3 aliphatic heterocycles. The monoisotopic (exact) mass is 427 g/mol. The number of piperidine rings is 2. The van der Waals surface area contributed by atoms with E-state index in [4.69, 9.17) is 4.74 Å². The normalized spacial score (nSPS) is 24.1. The highest BCUT2D eigenvalue weighted by Crippen LogP contribution is 2.30. The molecule has 0 aromatic heterocycles. The lowest BCUT2D eigenvalue weighted by molar-refractivity contribution is -0.138. The van der Waals surface area contributed by atoms with Crippen LogP contribution < -0.4 is 9.64 Å². The van der Waals surface area contributed by atoms with E-state index >= 15 is 0 Å². The van der Waals surface area contributed by atoms with Gasteiger partial charge in [0.25, 0.3) is 5.91 Å². The van der Waals surface area contributed by atoms with Gasteiger partial charge in [-0.25, -0.2) is 4.90 Å². The van der Waals surface area contributed by atoms with Gasteiger partial charge in [0.1, 0.15) is 5.75 Å². The third-order valence-corrected chi connectivity index (χ3v) is 6.94. The molecule has 7 heteroatoms. The molecule has 0 aliphatic carbocycles. The summed E-state index contributed by atoms with van der Waals surface area (Å²) in [6, 6.07) is 6.66. The third-order valence-electron chi connectivity index (χ3n) is 6.94. The van der Waals surface area contributed by atoms with E-state index in [-0.39, 0.29) is 30.1 Å². The maximum atomic E-state index is 13.1. The highest BCUT2D eigenvalue weighted by atomic mass is 16.5. The fourth-order valence-electron chi connectivity index (χ4n) is 4.98. The Morgan fingerprint density at radius 2 is 1.65 bits per heavy atom. The lowest BCUT2D eigenvalue weighted by Gasteiger charge is -2.38. The molecule has 0 saturated carbocycles. The van der Waals surface area contributed by atoms with Gasteiger partial charge < -0.3 is 9.64 Å². The predicted molar refractivity (Wildman–Crippen MR) is 118 cm³/mol. The van der Waals surface area contributed by atoms with Crippen molar-refractivity contribution < 1.29 is 19.1 Å². The first kappa shape index (κ1) is 21.8. The molecule has 1 atom stereocenters. The number of anilines is 1. The summed E-state index contributed by atoms with van der Waals surface area (Å²) in [5.74, 6) is 1.41. The van der Waals surface area contributed by atoms with Crippen LogP contribution in [0.1, 0.15) is 46.0 Å². The van der Waals surface area contributed by atoms with E-state index in [9.17, 15) is 14.4 Å². The molecule has 0 spiro atoms. The van der Waals surface area contributed by atoms with Crippen molar-refractivity contribution in [1.82, 2.24) is 9.80 Å². The van der Waals surface area contributed by atoms with Gasteiger partial charge in [0.05, 0.1) is 24.8 Å². The molecule has 3 amide bonds. The Balaban J connectivity index is 1.34. The van der Waals surface area contributed by atoms with Crippen LogP contribution >= 0.6 is 0 Å². The predicted octanol–water partition coefficient (Wildman–Crippen LogP) is 2.69. The van der Waals surface area contributed by atoms with E-state index in [2.05, 4.69) is 11.8 Å². The fraction of sp³-hybridized carbons (Fsp3) is 0.625. The number of imide groups is 1. The van der Waals surface area contributed by atoms with Crippen LogP contribution in [0.2, 0.25) is 0 Å². The van der Waals surface area contributed by atoms with Gasteiger partial charge in [0.2, 0.25) is 11.8 Å². The van der Waals surface area contributed by atoms with Gasteiger partial charge in [-0.1, -0.05) is 6.92 Å². The summed E-state index contributed by atoms with van der Waals surface area (Å²) < 4.78 is 5.44. The average molecular weight is 428 g/mol. The van der Waals surface area contributed by atoms with Crippen LogP contribution in [0, 0.1) is 11.8 Å². The topological polar surface area (TPSA) is 70.2 Å². The number of nitrogens with zero attached hydrogens (tertiary/aromatic N) is 3. The van der Waals surface area contributed by atoms with E-state index in [1.165, 1.54) is 4.90 Å². The van der Waals surface area contributed by atoms with Crippen LogP contribution in [0.25, 0.3) is 0 Å². The molecule has 0 bridgehead atoms. The molecule has 1 unspecified atom stereocenters. The largest absolute Gasteiger partial charge is 0.494 e. The van der Waals surface area contributed by atoms with Crippen molar-refractivity contribution in [3.05, 3.63) is 24.3 Å². The summed E-state index contributed by atoms with van der Waals surface area (Å²) in [6.45, 7) is 7.83. The van der Waals surface area contributed by atoms with Gasteiger partial charge in [-0.2, -0.15) is 0 Å². The number of benzene rings is 1. The SMILES string of the molecule is CCOc1ccc(N2C(=O)CC(N3CCC(C(=O)N4CCC(C)CC4)CC3)C2=O)cc1. The number of carbonyl (C=O) groups excluding carboxylic acids is 3. The zero-order valence-corrected chi connectivity index (χ0v) is 18.6. The molecule has 0 radical (unpaired) electrons. The summed E-state index contributed by atoms with van der Waals surface area (Å²) in [4.78, 5) is 44.0. The quantitative estimate of drug-likeness (QED) is 0.676. The van der Waals surface area contributed by atoms with Crippen molar-refractivity contribution in [3.8, 4) is 5.75 Å². The van der Waals surface area contributed by atoms with E-state index in [0.29, 0.717) is 31.3 Å². The Morgan fingerprint density at radius 3 is 2.26 bits per heavy atom. The maximum absolute atomic E-state index is 13.1. The molecule has 1 aromatic rings. The minimum atomic E-state index is -0.425. The molecule has 4 rings (SSSR count). The molecule has 3 aliphatic rings.